The van der Waals surface area contributed by atoms with Gasteiger partial charge in [0.1, 0.15) is 0 Å². The molecule has 0 saturated heterocycles. The van der Waals surface area contributed by atoms with Crippen molar-refractivity contribution in [2.75, 3.05) is 0 Å². The van der Waals surface area contributed by atoms with Crippen molar-refractivity contribution in [3.63, 3.8) is 0 Å². The highest BCUT2D eigenvalue weighted by Crippen LogP contribution is 2.44. The minimum atomic E-state index is -6.75. The first kappa shape index (κ1) is 16.4. The van der Waals surface area contributed by atoms with Crippen molar-refractivity contribution in [3.8, 4) is 0 Å². The fourth-order valence-corrected chi connectivity index (χ4v) is 1.16. The fourth-order valence-electron chi connectivity index (χ4n) is 0.686. The van der Waals surface area contributed by atoms with Crippen LogP contribution in [0.5, 0.6) is 0 Å². The van der Waals surface area contributed by atoms with Gasteiger partial charge in [-0.05, 0) is 0 Å². The van der Waals surface area contributed by atoms with Gasteiger partial charge >= 0.3 is 27.5 Å². The fraction of sp³-hybridized carbons (Fsp3) is 1.00. The molecule has 0 amide bonds. The van der Waals surface area contributed by atoms with Gasteiger partial charge in [-0.3, -0.25) is 4.55 Å². The molecule has 17 heavy (non-hydrogen) atoms. The first-order valence-electron chi connectivity index (χ1n) is 3.56. The molecule has 0 saturated carbocycles. The molecule has 0 aromatic rings. The lowest BCUT2D eigenvalue weighted by molar-refractivity contribution is -0.227. The molecular formula is C5H4F8O3S. The van der Waals surface area contributed by atoms with Crippen molar-refractivity contribution in [2.24, 2.45) is 0 Å². The Bertz CT molecular complexity index is 371. The van der Waals surface area contributed by atoms with Crippen molar-refractivity contribution < 1.29 is 48.1 Å². The molecule has 12 heteroatoms. The summed E-state index contributed by atoms with van der Waals surface area (Å²) < 4.78 is 124. The largest absolute Gasteiger partial charge is 0.434 e. The Morgan fingerprint density at radius 2 is 1.35 bits per heavy atom. The maximum Gasteiger partial charge on any atom is 0.434 e. The van der Waals surface area contributed by atoms with Crippen LogP contribution < -0.4 is 0 Å². The van der Waals surface area contributed by atoms with E-state index in [0.29, 0.717) is 0 Å². The molecule has 0 heterocycles. The Morgan fingerprint density at radius 3 is 1.59 bits per heavy atom. The summed E-state index contributed by atoms with van der Waals surface area (Å²) in [6.07, 6.45) is -13.0. The van der Waals surface area contributed by atoms with E-state index in [9.17, 15) is 43.5 Å². The molecule has 0 aliphatic heterocycles. The Labute approximate surface area is 89.2 Å². The predicted molar refractivity (Wildman–Crippen MR) is 37.0 cm³/mol. The number of halogens is 8. The van der Waals surface area contributed by atoms with Crippen LogP contribution in [0.15, 0.2) is 0 Å². The zero-order valence-corrected chi connectivity index (χ0v) is 8.30. The number of alkyl halides is 8. The van der Waals surface area contributed by atoms with Gasteiger partial charge in [0.15, 0.2) is 6.17 Å². The summed E-state index contributed by atoms with van der Waals surface area (Å²) in [6.45, 7) is 0. The van der Waals surface area contributed by atoms with Gasteiger partial charge in [-0.2, -0.15) is 39.2 Å². The highest BCUT2D eigenvalue weighted by Gasteiger charge is 2.70. The van der Waals surface area contributed by atoms with Gasteiger partial charge in [0, 0.05) is 0 Å². The van der Waals surface area contributed by atoms with E-state index in [-0.39, 0.29) is 0 Å². The van der Waals surface area contributed by atoms with Crippen LogP contribution in [0, 0.1) is 0 Å². The van der Waals surface area contributed by atoms with Crippen LogP contribution in [-0.2, 0) is 10.1 Å². The number of rotatable bonds is 4. The lowest BCUT2D eigenvalue weighted by Gasteiger charge is -2.26. The van der Waals surface area contributed by atoms with Crippen LogP contribution in [0.4, 0.5) is 35.1 Å². The van der Waals surface area contributed by atoms with Crippen molar-refractivity contribution >= 4 is 10.1 Å². The molecular weight excluding hydrogens is 292 g/mol. The first-order valence-corrected chi connectivity index (χ1v) is 5.00. The number of hydrogen-bond donors (Lipinski definition) is 1. The van der Waals surface area contributed by atoms with Crippen LogP contribution in [-0.4, -0.2) is 36.5 Å². The van der Waals surface area contributed by atoms with Crippen molar-refractivity contribution in [2.45, 2.75) is 29.9 Å². The normalized spacial score (nSPS) is 17.0. The lowest BCUT2D eigenvalue weighted by atomic mass is 10.1. The van der Waals surface area contributed by atoms with Gasteiger partial charge < -0.3 is 0 Å². The van der Waals surface area contributed by atoms with Gasteiger partial charge in [-0.15, -0.1) is 0 Å². The minimum Gasteiger partial charge on any atom is -0.281 e. The van der Waals surface area contributed by atoms with E-state index in [2.05, 4.69) is 0 Å². The first-order chi connectivity index (χ1) is 7.13. The topological polar surface area (TPSA) is 54.4 Å². The lowest BCUT2D eigenvalue weighted by Crippen LogP contribution is -2.53. The van der Waals surface area contributed by atoms with Gasteiger partial charge in [-0.25, -0.2) is 4.39 Å². The van der Waals surface area contributed by atoms with Crippen molar-refractivity contribution in [1.82, 2.24) is 0 Å². The third-order valence-electron chi connectivity index (χ3n) is 1.52. The third kappa shape index (κ3) is 3.40. The Hall–Kier alpha value is -0.650. The van der Waals surface area contributed by atoms with Crippen LogP contribution in [0.25, 0.3) is 0 Å². The second-order valence-electron chi connectivity index (χ2n) is 2.90. The second-order valence-corrected chi connectivity index (χ2v) is 4.36. The van der Waals surface area contributed by atoms with E-state index in [0.717, 1.165) is 0 Å². The Balaban J connectivity index is 5.28. The standard InChI is InChI=1S/C5H4F8O3S/c6-2(1-3(7,8)9)4(10,11)5(12,13)17(14,15)16/h2H,1H2,(H,14,15,16). The smallest absolute Gasteiger partial charge is 0.281 e. The molecule has 0 aliphatic carbocycles. The molecule has 1 unspecified atom stereocenters. The molecule has 1 atom stereocenters. The molecule has 1 N–H and O–H groups in total. The van der Waals surface area contributed by atoms with Crippen LogP contribution in [0.1, 0.15) is 6.42 Å². The molecule has 0 aromatic heterocycles. The number of hydrogen-bond acceptors (Lipinski definition) is 2. The average Bonchev–Trinajstić information content (AvgIpc) is 1.97. The summed E-state index contributed by atoms with van der Waals surface area (Å²) in [6, 6.07) is 0. The SMILES string of the molecule is O=S(=O)(O)C(F)(F)C(F)(F)C(F)CC(F)(F)F. The summed E-state index contributed by atoms with van der Waals surface area (Å²) in [4.78, 5) is 0. The molecule has 3 nitrogen and oxygen atoms in total. The van der Waals surface area contributed by atoms with Gasteiger partial charge in [0.25, 0.3) is 0 Å². The molecule has 0 bridgehead atoms. The monoisotopic (exact) mass is 296 g/mol. The van der Waals surface area contributed by atoms with Crippen LogP contribution in [0.2, 0.25) is 0 Å². The average molecular weight is 296 g/mol. The van der Waals surface area contributed by atoms with E-state index in [1.54, 1.807) is 0 Å². The summed E-state index contributed by atoms with van der Waals surface area (Å²) in [5, 5.41) is -6.36. The Morgan fingerprint density at radius 1 is 1.00 bits per heavy atom. The molecule has 0 rings (SSSR count). The van der Waals surface area contributed by atoms with Crippen molar-refractivity contribution in [3.05, 3.63) is 0 Å². The minimum absolute atomic E-state index is 2.98. The maximum absolute atomic E-state index is 12.5. The van der Waals surface area contributed by atoms with Crippen LogP contribution >= 0.6 is 0 Å². The summed E-state index contributed by atoms with van der Waals surface area (Å²) in [5.41, 5.74) is 0. The zero-order chi connectivity index (χ0) is 14.3. The zero-order valence-electron chi connectivity index (χ0n) is 7.48. The second kappa shape index (κ2) is 4.23. The predicted octanol–water partition coefficient (Wildman–Crippen LogP) is 2.39. The van der Waals surface area contributed by atoms with E-state index < -0.39 is 40.1 Å². The molecule has 104 valence electrons. The highest BCUT2D eigenvalue weighted by atomic mass is 32.2. The van der Waals surface area contributed by atoms with E-state index >= 15 is 0 Å². The molecule has 0 aromatic carbocycles. The van der Waals surface area contributed by atoms with Gasteiger partial charge in [-0.1, -0.05) is 0 Å². The quantitative estimate of drug-likeness (QED) is 0.640. The summed E-state index contributed by atoms with van der Waals surface area (Å²) in [5.74, 6) is -6.21. The van der Waals surface area contributed by atoms with Crippen LogP contribution in [0.3, 0.4) is 0 Å². The van der Waals surface area contributed by atoms with E-state index in [1.807, 2.05) is 0 Å². The van der Waals surface area contributed by atoms with Gasteiger partial charge in [0.05, 0.1) is 6.42 Å². The maximum atomic E-state index is 12.5. The van der Waals surface area contributed by atoms with Gasteiger partial charge in [0.2, 0.25) is 0 Å². The Kier molecular flexibility index (Phi) is 4.06. The molecule has 0 fully saturated rings. The third-order valence-corrected chi connectivity index (χ3v) is 2.44. The summed E-state index contributed by atoms with van der Waals surface area (Å²) in [7, 11) is -6.75. The highest BCUT2D eigenvalue weighted by molar-refractivity contribution is 7.87. The molecule has 0 spiro atoms. The van der Waals surface area contributed by atoms with E-state index in [1.165, 1.54) is 0 Å². The summed E-state index contributed by atoms with van der Waals surface area (Å²) >= 11 is 0. The molecule has 0 radical (unpaired) electrons. The molecule has 0 aliphatic rings. The van der Waals surface area contributed by atoms with E-state index in [4.69, 9.17) is 4.55 Å². The van der Waals surface area contributed by atoms with Crippen molar-refractivity contribution in [1.29, 1.82) is 0 Å².